The third-order valence-corrected chi connectivity index (χ3v) is 3.82. The third kappa shape index (κ3) is 7.05. The summed E-state index contributed by atoms with van der Waals surface area (Å²) in [6.07, 6.45) is 2.07. The van der Waals surface area contributed by atoms with Gasteiger partial charge in [0.25, 0.3) is 0 Å². The van der Waals surface area contributed by atoms with Crippen molar-refractivity contribution < 1.29 is 9.59 Å². The fraction of sp³-hybridized carbons (Fsp3) is 0.562. The number of pyridine rings is 1. The van der Waals surface area contributed by atoms with Crippen molar-refractivity contribution in [3.63, 3.8) is 0 Å². The lowest BCUT2D eigenvalue weighted by molar-refractivity contribution is -0.131. The van der Waals surface area contributed by atoms with E-state index in [1.54, 1.807) is 20.0 Å². The van der Waals surface area contributed by atoms with Gasteiger partial charge in [-0.3, -0.25) is 9.59 Å². The molecule has 3 N–H and O–H groups in total. The molecule has 0 aliphatic carbocycles. The number of halogens is 2. The molecule has 1 aliphatic rings. The number of anilines is 1. The van der Waals surface area contributed by atoms with Gasteiger partial charge in [0.2, 0.25) is 11.8 Å². The average molecular weight is 392 g/mol. The minimum atomic E-state index is -0.919. The number of nitrogens with two attached hydrogens (primary N) is 1. The van der Waals surface area contributed by atoms with Gasteiger partial charge in [0.15, 0.2) is 0 Å². The molecule has 0 radical (unpaired) electrons. The predicted molar refractivity (Wildman–Crippen MR) is 103 cm³/mol. The largest absolute Gasteiger partial charge is 0.354 e. The van der Waals surface area contributed by atoms with E-state index in [9.17, 15) is 9.59 Å². The topological polar surface area (TPSA) is 91.6 Å². The number of hydrogen-bond acceptors (Lipinski definition) is 5. The van der Waals surface area contributed by atoms with E-state index in [4.69, 9.17) is 5.73 Å². The van der Waals surface area contributed by atoms with Gasteiger partial charge in [0.05, 0.1) is 5.54 Å². The smallest absolute Gasteiger partial charge is 0.239 e. The minimum Gasteiger partial charge on any atom is -0.354 e. The highest BCUT2D eigenvalue weighted by atomic mass is 35.5. The molecule has 0 unspecified atom stereocenters. The monoisotopic (exact) mass is 391 g/mol. The molecule has 2 amide bonds. The van der Waals surface area contributed by atoms with E-state index >= 15 is 0 Å². The van der Waals surface area contributed by atoms with Gasteiger partial charge in [-0.05, 0) is 26.0 Å². The fourth-order valence-electron chi connectivity index (χ4n) is 2.39. The summed E-state index contributed by atoms with van der Waals surface area (Å²) in [7, 11) is 0. The first kappa shape index (κ1) is 23.4. The van der Waals surface area contributed by atoms with E-state index in [2.05, 4.69) is 15.2 Å². The first-order valence-corrected chi connectivity index (χ1v) is 7.89. The maximum Gasteiger partial charge on any atom is 0.239 e. The molecule has 1 fully saturated rings. The van der Waals surface area contributed by atoms with Crippen LogP contribution in [0.2, 0.25) is 0 Å². The first-order chi connectivity index (χ1) is 10.9. The zero-order valence-electron chi connectivity index (χ0n) is 14.6. The van der Waals surface area contributed by atoms with Crippen LogP contribution in [0.5, 0.6) is 0 Å². The highest BCUT2D eigenvalue weighted by molar-refractivity contribution is 5.86. The third-order valence-electron chi connectivity index (χ3n) is 3.82. The molecule has 0 aromatic carbocycles. The number of piperazine rings is 1. The number of rotatable bonds is 5. The summed E-state index contributed by atoms with van der Waals surface area (Å²) >= 11 is 0. The zero-order chi connectivity index (χ0) is 16.9. The lowest BCUT2D eigenvalue weighted by atomic mass is 10.1. The highest BCUT2D eigenvalue weighted by Gasteiger charge is 2.23. The number of amides is 2. The Hall–Kier alpha value is -1.57. The summed E-state index contributed by atoms with van der Waals surface area (Å²) < 4.78 is 0. The van der Waals surface area contributed by atoms with Crippen molar-refractivity contribution in [2.24, 2.45) is 5.73 Å². The molecule has 1 aromatic heterocycles. The molecule has 142 valence electrons. The van der Waals surface area contributed by atoms with Crippen molar-refractivity contribution in [1.29, 1.82) is 0 Å². The Bertz CT molecular complexity index is 543. The van der Waals surface area contributed by atoms with Crippen LogP contribution >= 0.6 is 24.8 Å². The van der Waals surface area contributed by atoms with Crippen molar-refractivity contribution in [2.45, 2.75) is 25.8 Å². The quantitative estimate of drug-likeness (QED) is 0.774. The molecule has 1 aromatic rings. The van der Waals surface area contributed by atoms with Crippen LogP contribution in [-0.4, -0.2) is 60.0 Å². The molecule has 1 saturated heterocycles. The van der Waals surface area contributed by atoms with Gasteiger partial charge in [-0.25, -0.2) is 4.98 Å². The second kappa shape index (κ2) is 10.4. The van der Waals surface area contributed by atoms with Crippen LogP contribution in [0, 0.1) is 0 Å². The summed E-state index contributed by atoms with van der Waals surface area (Å²) in [5.74, 6) is 0.753. The van der Waals surface area contributed by atoms with Crippen molar-refractivity contribution >= 4 is 42.4 Å². The number of aromatic nitrogens is 1. The van der Waals surface area contributed by atoms with Gasteiger partial charge in [-0.1, -0.05) is 6.07 Å². The Labute approximate surface area is 161 Å². The summed E-state index contributed by atoms with van der Waals surface area (Å²) in [5.41, 5.74) is 4.77. The maximum absolute atomic E-state index is 12.2. The molecule has 0 atom stereocenters. The number of nitrogens with zero attached hydrogens (tertiary/aromatic N) is 3. The van der Waals surface area contributed by atoms with E-state index in [0.29, 0.717) is 26.1 Å². The standard InChI is InChI=1S/C16H25N5O2.2ClH/c1-16(2,17)15(23)19-8-6-14(22)21-11-9-20(10-12-21)13-5-3-4-7-18-13;;/h3-5,7H,6,8-12,17H2,1-2H3,(H,19,23);2*1H. The maximum atomic E-state index is 12.2. The van der Waals surface area contributed by atoms with Gasteiger partial charge in [0.1, 0.15) is 5.82 Å². The van der Waals surface area contributed by atoms with Gasteiger partial charge >= 0.3 is 0 Å². The van der Waals surface area contributed by atoms with Crippen molar-refractivity contribution in [3.8, 4) is 0 Å². The normalized spacial score (nSPS) is 14.2. The van der Waals surface area contributed by atoms with Crippen molar-refractivity contribution in [1.82, 2.24) is 15.2 Å². The molecule has 0 saturated carbocycles. The number of nitrogens with one attached hydrogen (secondary N) is 1. The Morgan fingerprint density at radius 2 is 1.84 bits per heavy atom. The second-order valence-corrected chi connectivity index (χ2v) is 6.28. The Balaban J connectivity index is 0.00000288. The van der Waals surface area contributed by atoms with Crippen LogP contribution in [0.3, 0.4) is 0 Å². The van der Waals surface area contributed by atoms with Crippen LogP contribution in [0.25, 0.3) is 0 Å². The SMILES string of the molecule is CC(C)(N)C(=O)NCCC(=O)N1CCN(c2ccccn2)CC1.Cl.Cl. The first-order valence-electron chi connectivity index (χ1n) is 7.89. The Morgan fingerprint density at radius 3 is 2.36 bits per heavy atom. The fourth-order valence-corrected chi connectivity index (χ4v) is 2.39. The predicted octanol–water partition coefficient (Wildman–Crippen LogP) is 0.817. The molecule has 2 rings (SSSR count). The van der Waals surface area contributed by atoms with E-state index in [1.807, 2.05) is 23.1 Å². The van der Waals surface area contributed by atoms with E-state index in [1.165, 1.54) is 0 Å². The van der Waals surface area contributed by atoms with Crippen LogP contribution < -0.4 is 16.0 Å². The van der Waals surface area contributed by atoms with Gasteiger partial charge in [0, 0.05) is 45.3 Å². The lowest BCUT2D eigenvalue weighted by Gasteiger charge is -2.35. The number of carbonyl (C=O) groups excluding carboxylic acids is 2. The molecule has 7 nitrogen and oxygen atoms in total. The van der Waals surface area contributed by atoms with E-state index < -0.39 is 5.54 Å². The summed E-state index contributed by atoms with van der Waals surface area (Å²) in [6, 6.07) is 5.82. The molecule has 0 spiro atoms. The summed E-state index contributed by atoms with van der Waals surface area (Å²) in [4.78, 5) is 32.2. The van der Waals surface area contributed by atoms with E-state index in [-0.39, 0.29) is 36.6 Å². The molecule has 0 bridgehead atoms. The zero-order valence-corrected chi connectivity index (χ0v) is 16.2. The molecule has 2 heterocycles. The van der Waals surface area contributed by atoms with E-state index in [0.717, 1.165) is 18.9 Å². The summed E-state index contributed by atoms with van der Waals surface area (Å²) in [5, 5.41) is 2.70. The highest BCUT2D eigenvalue weighted by Crippen LogP contribution is 2.12. The van der Waals surface area contributed by atoms with Crippen LogP contribution in [0.15, 0.2) is 24.4 Å². The molecule has 1 aliphatic heterocycles. The molecular weight excluding hydrogens is 365 g/mol. The number of carbonyl (C=O) groups is 2. The molecule has 25 heavy (non-hydrogen) atoms. The minimum absolute atomic E-state index is 0. The van der Waals surface area contributed by atoms with Crippen LogP contribution in [0.1, 0.15) is 20.3 Å². The van der Waals surface area contributed by atoms with Crippen LogP contribution in [0.4, 0.5) is 5.82 Å². The van der Waals surface area contributed by atoms with Gasteiger partial charge < -0.3 is 20.9 Å². The average Bonchev–Trinajstić information content (AvgIpc) is 2.54. The van der Waals surface area contributed by atoms with Crippen molar-refractivity contribution in [3.05, 3.63) is 24.4 Å². The molecular formula is C16H27Cl2N5O2. The Kier molecular flexibility index (Phi) is 9.77. The lowest BCUT2D eigenvalue weighted by Crippen LogP contribution is -2.51. The second-order valence-electron chi connectivity index (χ2n) is 6.28. The Morgan fingerprint density at radius 1 is 1.20 bits per heavy atom. The van der Waals surface area contributed by atoms with Gasteiger partial charge in [-0.15, -0.1) is 24.8 Å². The van der Waals surface area contributed by atoms with Crippen LogP contribution in [-0.2, 0) is 9.59 Å². The molecule has 9 heteroatoms. The van der Waals surface area contributed by atoms with Crippen molar-refractivity contribution in [2.75, 3.05) is 37.6 Å². The van der Waals surface area contributed by atoms with Gasteiger partial charge in [-0.2, -0.15) is 0 Å². The summed E-state index contributed by atoms with van der Waals surface area (Å²) in [6.45, 7) is 6.48. The number of hydrogen-bond donors (Lipinski definition) is 2.